The first-order valence-electron chi connectivity index (χ1n) is 3.61. The molecule has 0 atom stereocenters. The highest BCUT2D eigenvalue weighted by Gasteiger charge is 2.08. The monoisotopic (exact) mass is 210 g/mol. The van der Waals surface area contributed by atoms with Crippen molar-refractivity contribution in [2.24, 2.45) is 0 Å². The fourth-order valence-corrected chi connectivity index (χ4v) is 1.53. The number of carboxylic acid groups (broad SMARTS) is 2. The summed E-state index contributed by atoms with van der Waals surface area (Å²) >= 11 is 1.22. The van der Waals surface area contributed by atoms with E-state index in [0.29, 0.717) is 5.56 Å². The second-order valence-electron chi connectivity index (χ2n) is 2.38. The highest BCUT2D eigenvalue weighted by atomic mass is 32.1. The van der Waals surface area contributed by atoms with E-state index in [0.717, 1.165) is 0 Å². The van der Waals surface area contributed by atoms with Gasteiger partial charge < -0.3 is 10.2 Å². The number of hydrogen-bond donors (Lipinski definition) is 2. The number of hydrogen-bond acceptors (Lipinski definition) is 3. The van der Waals surface area contributed by atoms with E-state index < -0.39 is 11.9 Å². The van der Waals surface area contributed by atoms with Crippen molar-refractivity contribution < 1.29 is 19.8 Å². The standard InChI is InChI=1S/C9H6O4S/c10-8(11)3-1-2-6-4-14-5-7(6)9(12)13/h4-5H,3H2,(H,10,11)(H,12,13). The highest BCUT2D eigenvalue weighted by Crippen LogP contribution is 2.13. The summed E-state index contributed by atoms with van der Waals surface area (Å²) in [5.41, 5.74) is 0.483. The van der Waals surface area contributed by atoms with Crippen LogP contribution in [0.2, 0.25) is 0 Å². The van der Waals surface area contributed by atoms with Crippen LogP contribution in [-0.4, -0.2) is 22.2 Å². The van der Waals surface area contributed by atoms with Gasteiger partial charge in [-0.2, -0.15) is 11.3 Å². The zero-order chi connectivity index (χ0) is 10.6. The molecule has 0 amide bonds. The summed E-state index contributed by atoms with van der Waals surface area (Å²) in [4.78, 5) is 20.7. The molecule has 1 aromatic rings. The van der Waals surface area contributed by atoms with Gasteiger partial charge >= 0.3 is 11.9 Å². The van der Waals surface area contributed by atoms with Gasteiger partial charge in [-0.1, -0.05) is 11.8 Å². The first kappa shape index (κ1) is 10.3. The van der Waals surface area contributed by atoms with Gasteiger partial charge in [0.1, 0.15) is 6.42 Å². The average molecular weight is 210 g/mol. The topological polar surface area (TPSA) is 74.6 Å². The Kier molecular flexibility index (Phi) is 3.26. The quantitative estimate of drug-likeness (QED) is 0.721. The molecule has 0 aliphatic heterocycles. The molecule has 2 N–H and O–H groups in total. The van der Waals surface area contributed by atoms with Crippen molar-refractivity contribution in [1.82, 2.24) is 0 Å². The number of thiophene rings is 1. The van der Waals surface area contributed by atoms with Gasteiger partial charge in [0.15, 0.2) is 0 Å². The molecule has 1 aromatic heterocycles. The molecule has 72 valence electrons. The minimum atomic E-state index is -1.05. The molecule has 14 heavy (non-hydrogen) atoms. The fourth-order valence-electron chi connectivity index (χ4n) is 0.775. The maximum Gasteiger partial charge on any atom is 0.337 e. The van der Waals surface area contributed by atoms with Crippen LogP contribution in [0.15, 0.2) is 10.8 Å². The Hall–Kier alpha value is -1.80. The van der Waals surface area contributed by atoms with Gasteiger partial charge in [0.05, 0.1) is 5.56 Å². The van der Waals surface area contributed by atoms with E-state index in [1.807, 2.05) is 0 Å². The van der Waals surface area contributed by atoms with Crippen LogP contribution in [0.3, 0.4) is 0 Å². The van der Waals surface area contributed by atoms with Crippen molar-refractivity contribution in [3.8, 4) is 11.8 Å². The Morgan fingerprint density at radius 1 is 1.36 bits per heavy atom. The van der Waals surface area contributed by atoms with Crippen molar-refractivity contribution in [3.05, 3.63) is 21.9 Å². The number of carbonyl (C=O) groups is 2. The molecule has 5 heteroatoms. The zero-order valence-electron chi connectivity index (χ0n) is 6.98. The number of rotatable bonds is 2. The Balaban J connectivity index is 2.84. The third-order valence-corrected chi connectivity index (χ3v) is 2.10. The minimum absolute atomic E-state index is 0.118. The maximum atomic E-state index is 10.6. The molecule has 0 spiro atoms. The molecule has 0 bridgehead atoms. The maximum absolute atomic E-state index is 10.6. The van der Waals surface area contributed by atoms with E-state index in [4.69, 9.17) is 10.2 Å². The van der Waals surface area contributed by atoms with Crippen LogP contribution in [-0.2, 0) is 4.79 Å². The van der Waals surface area contributed by atoms with E-state index in [1.54, 1.807) is 5.38 Å². The molecular formula is C9H6O4S. The van der Waals surface area contributed by atoms with Crippen LogP contribution in [0.5, 0.6) is 0 Å². The Morgan fingerprint density at radius 2 is 2.07 bits per heavy atom. The first-order chi connectivity index (χ1) is 6.61. The third kappa shape index (κ3) is 2.61. The lowest BCUT2D eigenvalue weighted by atomic mass is 10.2. The predicted octanol–water partition coefficient (Wildman–Crippen LogP) is 1.27. The summed E-state index contributed by atoms with van der Waals surface area (Å²) in [7, 11) is 0. The van der Waals surface area contributed by atoms with Gasteiger partial charge in [-0.15, -0.1) is 0 Å². The number of aromatic carboxylic acids is 1. The van der Waals surface area contributed by atoms with Crippen LogP contribution in [0, 0.1) is 11.8 Å². The molecule has 0 fully saturated rings. The molecule has 0 unspecified atom stereocenters. The van der Waals surface area contributed by atoms with Gasteiger partial charge in [-0.3, -0.25) is 4.79 Å². The largest absolute Gasteiger partial charge is 0.481 e. The normalized spacial score (nSPS) is 8.86. The molecule has 1 heterocycles. The minimum Gasteiger partial charge on any atom is -0.481 e. The van der Waals surface area contributed by atoms with E-state index in [9.17, 15) is 9.59 Å². The molecule has 4 nitrogen and oxygen atoms in total. The van der Waals surface area contributed by atoms with Gasteiger partial charge in [0.25, 0.3) is 0 Å². The Bertz CT molecular complexity index is 422. The van der Waals surface area contributed by atoms with Crippen LogP contribution < -0.4 is 0 Å². The summed E-state index contributed by atoms with van der Waals surface area (Å²) in [6, 6.07) is 0. The summed E-state index contributed by atoms with van der Waals surface area (Å²) in [5, 5.41) is 20.0. The molecular weight excluding hydrogens is 204 g/mol. The molecule has 0 aliphatic rings. The van der Waals surface area contributed by atoms with E-state index in [2.05, 4.69) is 11.8 Å². The summed E-state index contributed by atoms with van der Waals surface area (Å²) in [6.45, 7) is 0. The van der Waals surface area contributed by atoms with Crippen molar-refractivity contribution in [2.75, 3.05) is 0 Å². The Morgan fingerprint density at radius 3 is 2.64 bits per heavy atom. The van der Waals surface area contributed by atoms with Crippen molar-refractivity contribution in [3.63, 3.8) is 0 Å². The molecule has 0 aromatic carbocycles. The van der Waals surface area contributed by atoms with Crippen molar-refractivity contribution in [2.45, 2.75) is 6.42 Å². The summed E-state index contributed by atoms with van der Waals surface area (Å²) < 4.78 is 0. The van der Waals surface area contributed by atoms with Crippen LogP contribution in [0.1, 0.15) is 22.3 Å². The Labute approximate surface area is 83.8 Å². The van der Waals surface area contributed by atoms with Crippen LogP contribution in [0.4, 0.5) is 0 Å². The molecule has 0 radical (unpaired) electrons. The fraction of sp³-hybridized carbons (Fsp3) is 0.111. The van der Waals surface area contributed by atoms with Gasteiger partial charge in [-0.05, 0) is 0 Å². The van der Waals surface area contributed by atoms with Crippen molar-refractivity contribution in [1.29, 1.82) is 0 Å². The molecule has 0 aliphatic carbocycles. The van der Waals surface area contributed by atoms with Crippen LogP contribution >= 0.6 is 11.3 Å². The van der Waals surface area contributed by atoms with E-state index in [-0.39, 0.29) is 12.0 Å². The average Bonchev–Trinajstić information content (AvgIpc) is 2.51. The summed E-state index contributed by atoms with van der Waals surface area (Å²) in [5.74, 6) is 2.81. The summed E-state index contributed by atoms with van der Waals surface area (Å²) in [6.07, 6.45) is -0.283. The third-order valence-electron chi connectivity index (χ3n) is 1.36. The number of aliphatic carboxylic acids is 1. The lowest BCUT2D eigenvalue weighted by molar-refractivity contribution is -0.135. The smallest absolute Gasteiger partial charge is 0.337 e. The number of carboxylic acids is 2. The van der Waals surface area contributed by atoms with Gasteiger partial charge in [-0.25, -0.2) is 4.79 Å². The van der Waals surface area contributed by atoms with Gasteiger partial charge in [0.2, 0.25) is 0 Å². The second-order valence-corrected chi connectivity index (χ2v) is 3.12. The highest BCUT2D eigenvalue weighted by molar-refractivity contribution is 7.08. The van der Waals surface area contributed by atoms with E-state index in [1.165, 1.54) is 16.7 Å². The first-order valence-corrected chi connectivity index (χ1v) is 4.55. The predicted molar refractivity (Wildman–Crippen MR) is 50.4 cm³/mol. The zero-order valence-corrected chi connectivity index (χ0v) is 7.80. The lowest BCUT2D eigenvalue weighted by Gasteiger charge is -1.87. The molecule has 0 saturated carbocycles. The van der Waals surface area contributed by atoms with Crippen LogP contribution in [0.25, 0.3) is 0 Å². The van der Waals surface area contributed by atoms with Gasteiger partial charge in [0, 0.05) is 16.3 Å². The molecule has 0 saturated heterocycles. The molecule has 1 rings (SSSR count). The van der Waals surface area contributed by atoms with E-state index >= 15 is 0 Å². The SMILES string of the molecule is O=C(O)CC#Cc1cscc1C(=O)O. The van der Waals surface area contributed by atoms with Crippen molar-refractivity contribution >= 4 is 23.3 Å². The second kappa shape index (κ2) is 4.44. The lowest BCUT2D eigenvalue weighted by Crippen LogP contribution is -1.96.